The minimum atomic E-state index is -0.642. The highest BCUT2D eigenvalue weighted by molar-refractivity contribution is 5.89. The van der Waals surface area contributed by atoms with Gasteiger partial charge in [0.2, 0.25) is 0 Å². The lowest BCUT2D eigenvalue weighted by atomic mass is 10.3. The summed E-state index contributed by atoms with van der Waals surface area (Å²) in [4.78, 5) is 10.8. The third-order valence-electron chi connectivity index (χ3n) is 0.947. The predicted molar refractivity (Wildman–Crippen MR) is 37.4 cm³/mol. The Morgan fingerprint density at radius 3 is 2.82 bits per heavy atom. The Bertz CT molecular complexity index is 202. The summed E-state index contributed by atoms with van der Waals surface area (Å²) < 4.78 is 4.53. The number of aliphatic hydroxyl groups is 1. The van der Waals surface area contributed by atoms with Crippen LogP contribution >= 0.6 is 0 Å². The molecule has 0 saturated carbocycles. The molecular formula is C7H9NO3. The molecular weight excluding hydrogens is 146 g/mol. The van der Waals surface area contributed by atoms with Crippen molar-refractivity contribution < 1.29 is 14.6 Å². The van der Waals surface area contributed by atoms with Crippen LogP contribution in [0.3, 0.4) is 0 Å². The summed E-state index contributed by atoms with van der Waals surface area (Å²) in [6.45, 7) is 1.42. The summed E-state index contributed by atoms with van der Waals surface area (Å²) in [6.07, 6.45) is 0.970. The number of allylic oxidation sites excluding steroid dienone is 1. The van der Waals surface area contributed by atoms with Gasteiger partial charge in [-0.2, -0.15) is 5.26 Å². The van der Waals surface area contributed by atoms with Gasteiger partial charge < -0.3 is 9.84 Å². The van der Waals surface area contributed by atoms with Gasteiger partial charge in [0.15, 0.2) is 0 Å². The van der Waals surface area contributed by atoms with Gasteiger partial charge in [-0.15, -0.1) is 0 Å². The van der Waals surface area contributed by atoms with E-state index in [1.165, 1.54) is 0 Å². The molecule has 0 aliphatic heterocycles. The molecule has 0 fully saturated rings. The number of hydrogen-bond acceptors (Lipinski definition) is 4. The van der Waals surface area contributed by atoms with E-state index in [0.29, 0.717) is 0 Å². The molecule has 0 aromatic rings. The van der Waals surface area contributed by atoms with Gasteiger partial charge in [0.05, 0.1) is 24.9 Å². The highest BCUT2D eigenvalue weighted by Crippen LogP contribution is 1.95. The Morgan fingerprint density at radius 2 is 2.45 bits per heavy atom. The SMILES string of the molecule is CCOC(=O)/C(=C/C#N)CO. The average molecular weight is 155 g/mol. The lowest BCUT2D eigenvalue weighted by Crippen LogP contribution is -2.10. The Morgan fingerprint density at radius 1 is 1.82 bits per heavy atom. The first-order valence-corrected chi connectivity index (χ1v) is 3.12. The van der Waals surface area contributed by atoms with Crippen molar-refractivity contribution in [2.24, 2.45) is 0 Å². The monoisotopic (exact) mass is 155 g/mol. The smallest absolute Gasteiger partial charge is 0.337 e. The average Bonchev–Trinajstić information content (AvgIpc) is 2.00. The molecule has 60 valence electrons. The molecule has 0 heterocycles. The molecule has 0 amide bonds. The summed E-state index contributed by atoms with van der Waals surface area (Å²) in [5.41, 5.74) is -0.0191. The molecule has 0 aromatic heterocycles. The maximum absolute atomic E-state index is 10.8. The van der Waals surface area contributed by atoms with Crippen LogP contribution in [0.4, 0.5) is 0 Å². The standard InChI is InChI=1S/C7H9NO3/c1-2-11-7(10)6(5-9)3-4-8/h3,9H,2,5H2,1H3/b6-3+. The number of aliphatic hydroxyl groups excluding tert-OH is 1. The third-order valence-corrected chi connectivity index (χ3v) is 0.947. The van der Waals surface area contributed by atoms with E-state index in [1.54, 1.807) is 13.0 Å². The second-order valence-corrected chi connectivity index (χ2v) is 1.68. The van der Waals surface area contributed by atoms with Crippen molar-refractivity contribution in [2.45, 2.75) is 6.92 Å². The van der Waals surface area contributed by atoms with Crippen molar-refractivity contribution in [3.05, 3.63) is 11.6 Å². The van der Waals surface area contributed by atoms with Crippen LogP contribution < -0.4 is 0 Å². The number of carbonyl (C=O) groups is 1. The zero-order valence-electron chi connectivity index (χ0n) is 6.20. The zero-order valence-corrected chi connectivity index (χ0v) is 6.20. The summed E-state index contributed by atoms with van der Waals surface area (Å²) in [5, 5.41) is 16.7. The normalized spacial score (nSPS) is 10.5. The third kappa shape index (κ3) is 3.38. The van der Waals surface area contributed by atoms with Crippen LogP contribution in [0.15, 0.2) is 11.6 Å². The van der Waals surface area contributed by atoms with Gasteiger partial charge in [0.25, 0.3) is 0 Å². The molecule has 4 nitrogen and oxygen atoms in total. The molecule has 0 rings (SSSR count). The summed E-state index contributed by atoms with van der Waals surface area (Å²) in [7, 11) is 0. The van der Waals surface area contributed by atoms with Crippen molar-refractivity contribution in [1.29, 1.82) is 5.26 Å². The maximum atomic E-state index is 10.8. The second kappa shape index (κ2) is 5.45. The molecule has 1 N–H and O–H groups in total. The summed E-state index contributed by atoms with van der Waals surface area (Å²) in [5.74, 6) is -0.642. The molecule has 0 radical (unpaired) electrons. The van der Waals surface area contributed by atoms with E-state index in [9.17, 15) is 4.79 Å². The van der Waals surface area contributed by atoms with Crippen LogP contribution in [0.2, 0.25) is 0 Å². The van der Waals surface area contributed by atoms with Crippen LogP contribution in [0.1, 0.15) is 6.92 Å². The highest BCUT2D eigenvalue weighted by Gasteiger charge is 2.07. The van der Waals surface area contributed by atoms with Gasteiger partial charge in [-0.3, -0.25) is 0 Å². The fourth-order valence-corrected chi connectivity index (χ4v) is 0.471. The number of nitriles is 1. The number of carbonyl (C=O) groups excluding carboxylic acids is 1. The molecule has 0 aliphatic rings. The van der Waals surface area contributed by atoms with E-state index in [2.05, 4.69) is 4.74 Å². The fourth-order valence-electron chi connectivity index (χ4n) is 0.471. The van der Waals surface area contributed by atoms with Crippen LogP contribution in [0.25, 0.3) is 0 Å². The Balaban J connectivity index is 4.17. The molecule has 0 atom stereocenters. The second-order valence-electron chi connectivity index (χ2n) is 1.68. The van der Waals surface area contributed by atoms with E-state index in [0.717, 1.165) is 6.08 Å². The van der Waals surface area contributed by atoms with Gasteiger partial charge >= 0.3 is 5.97 Å². The summed E-state index contributed by atoms with van der Waals surface area (Å²) >= 11 is 0. The molecule has 0 saturated heterocycles. The van der Waals surface area contributed by atoms with Gasteiger partial charge in [-0.1, -0.05) is 0 Å². The van der Waals surface area contributed by atoms with Crippen molar-refractivity contribution in [3.8, 4) is 6.07 Å². The Labute approximate surface area is 64.7 Å². The van der Waals surface area contributed by atoms with Crippen LogP contribution in [-0.2, 0) is 9.53 Å². The van der Waals surface area contributed by atoms with Crippen molar-refractivity contribution in [1.82, 2.24) is 0 Å². The molecule has 11 heavy (non-hydrogen) atoms. The minimum absolute atomic E-state index is 0.0191. The first-order chi connectivity index (χ1) is 5.26. The Hall–Kier alpha value is -1.34. The van der Waals surface area contributed by atoms with Gasteiger partial charge in [-0.05, 0) is 6.92 Å². The largest absolute Gasteiger partial charge is 0.463 e. The summed E-state index contributed by atoms with van der Waals surface area (Å²) in [6, 6.07) is 1.64. The van der Waals surface area contributed by atoms with Gasteiger partial charge in [0.1, 0.15) is 0 Å². The molecule has 0 unspecified atom stereocenters. The van der Waals surface area contributed by atoms with E-state index < -0.39 is 12.6 Å². The minimum Gasteiger partial charge on any atom is -0.463 e. The highest BCUT2D eigenvalue weighted by atomic mass is 16.5. The van der Waals surface area contributed by atoms with Crippen LogP contribution in [0.5, 0.6) is 0 Å². The lowest BCUT2D eigenvalue weighted by molar-refractivity contribution is -0.138. The van der Waals surface area contributed by atoms with Gasteiger partial charge in [0, 0.05) is 6.08 Å². The topological polar surface area (TPSA) is 70.3 Å². The number of esters is 1. The first-order valence-electron chi connectivity index (χ1n) is 3.12. The number of nitrogens with zero attached hydrogens (tertiary/aromatic N) is 1. The number of rotatable bonds is 3. The van der Waals surface area contributed by atoms with E-state index in [4.69, 9.17) is 10.4 Å². The van der Waals surface area contributed by atoms with E-state index >= 15 is 0 Å². The number of ether oxygens (including phenoxy) is 1. The van der Waals surface area contributed by atoms with Crippen molar-refractivity contribution >= 4 is 5.97 Å². The van der Waals surface area contributed by atoms with Gasteiger partial charge in [-0.25, -0.2) is 4.79 Å². The quantitative estimate of drug-likeness (QED) is 0.353. The predicted octanol–water partition coefficient (Wildman–Crippen LogP) is -0.00822. The lowest BCUT2D eigenvalue weighted by Gasteiger charge is -2.00. The van der Waals surface area contributed by atoms with Crippen molar-refractivity contribution in [3.63, 3.8) is 0 Å². The van der Waals surface area contributed by atoms with Crippen LogP contribution in [0, 0.1) is 11.3 Å². The molecule has 0 aromatic carbocycles. The zero-order chi connectivity index (χ0) is 8.69. The molecule has 4 heteroatoms. The molecule has 0 aliphatic carbocycles. The maximum Gasteiger partial charge on any atom is 0.337 e. The van der Waals surface area contributed by atoms with Crippen LogP contribution in [-0.4, -0.2) is 24.3 Å². The fraction of sp³-hybridized carbons (Fsp3) is 0.429. The number of hydrogen-bond donors (Lipinski definition) is 1. The van der Waals surface area contributed by atoms with E-state index in [-0.39, 0.29) is 12.2 Å². The molecule has 0 spiro atoms. The van der Waals surface area contributed by atoms with E-state index in [1.807, 2.05) is 0 Å². The molecule has 0 bridgehead atoms. The first kappa shape index (κ1) is 9.66. The van der Waals surface area contributed by atoms with Crippen molar-refractivity contribution in [2.75, 3.05) is 13.2 Å². The Kier molecular flexibility index (Phi) is 4.78.